The number of ether oxygens (including phenoxy) is 1. The van der Waals surface area contributed by atoms with Crippen molar-refractivity contribution in [3.63, 3.8) is 0 Å². The summed E-state index contributed by atoms with van der Waals surface area (Å²) in [6, 6.07) is 0. The molecule has 1 radical (unpaired) electrons. The van der Waals surface area contributed by atoms with Gasteiger partial charge in [0.05, 0.1) is 12.5 Å². The van der Waals surface area contributed by atoms with Gasteiger partial charge in [-0.2, -0.15) is 0 Å². The minimum absolute atomic E-state index is 0. The van der Waals surface area contributed by atoms with E-state index < -0.39 is 20.0 Å². The van der Waals surface area contributed by atoms with Gasteiger partial charge in [0.1, 0.15) is 0 Å². The molecular weight excluding hydrogens is 460 g/mol. The first-order valence-corrected chi connectivity index (χ1v) is 11.6. The van der Waals surface area contributed by atoms with Gasteiger partial charge in [0.15, 0.2) is 4.33 Å². The van der Waals surface area contributed by atoms with Crippen LogP contribution in [0.3, 0.4) is 0 Å². The summed E-state index contributed by atoms with van der Waals surface area (Å²) in [5, 5.41) is -0.747. The van der Waals surface area contributed by atoms with E-state index in [1.807, 2.05) is 0 Å². The fourth-order valence-electron chi connectivity index (χ4n) is 2.81. The van der Waals surface area contributed by atoms with Crippen LogP contribution in [0.15, 0.2) is 0 Å². The van der Waals surface area contributed by atoms with Crippen molar-refractivity contribution >= 4 is 93.5 Å². The van der Waals surface area contributed by atoms with E-state index in [1.54, 1.807) is 0 Å². The number of carbonyl (C=O) groups excluding carboxylic acids is 1. The second-order valence-corrected chi connectivity index (χ2v) is 10.1. The zero-order chi connectivity index (χ0) is 20.1. The molecule has 0 spiro atoms. The molecule has 0 aliphatic carbocycles. The maximum absolute atomic E-state index is 11.6. The third-order valence-electron chi connectivity index (χ3n) is 4.56. The number of rotatable bonds is 16. The van der Waals surface area contributed by atoms with E-state index in [2.05, 4.69) is 11.7 Å². The van der Waals surface area contributed by atoms with Gasteiger partial charge in [-0.1, -0.05) is 130 Å². The summed E-state index contributed by atoms with van der Waals surface area (Å²) in [6.45, 7) is 2.24. The number of carbonyl (C=O) groups is 1. The first-order chi connectivity index (χ1) is 12.2. The van der Waals surface area contributed by atoms with Crippen LogP contribution in [0.1, 0.15) is 90.4 Å². The van der Waals surface area contributed by atoms with Gasteiger partial charge >= 0.3 is 5.97 Å². The van der Waals surface area contributed by atoms with Crippen LogP contribution in [0, 0.1) is 0 Å². The molecule has 0 amide bonds. The van der Waals surface area contributed by atoms with Crippen molar-refractivity contribution in [3.8, 4) is 0 Å². The number of esters is 1. The number of hydrogen-bond acceptors (Lipinski definition) is 2. The molecule has 0 saturated heterocycles. The predicted octanol–water partition coefficient (Wildman–Crippen LogP) is 7.83. The molecule has 157 valence electrons. The second-order valence-electron chi connectivity index (χ2n) is 6.83. The van der Waals surface area contributed by atoms with Crippen LogP contribution < -0.4 is 0 Å². The van der Waals surface area contributed by atoms with Gasteiger partial charge in [-0.05, 0) is 6.42 Å². The molecule has 0 bridgehead atoms. The molecule has 0 heterocycles. The fraction of sp³-hybridized carbons (Fsp3) is 0.947. The van der Waals surface area contributed by atoms with E-state index in [9.17, 15) is 4.79 Å². The van der Waals surface area contributed by atoms with Gasteiger partial charge in [-0.15, -0.1) is 11.6 Å². The van der Waals surface area contributed by atoms with Crippen molar-refractivity contribution in [2.45, 2.75) is 104 Å². The first-order valence-electron chi connectivity index (χ1n) is 9.69. The average molecular weight is 494 g/mol. The topological polar surface area (TPSA) is 26.3 Å². The molecule has 0 aromatic rings. The number of unbranched alkanes of at least 4 members (excludes halogenated alkanes) is 11. The molecule has 27 heavy (non-hydrogen) atoms. The summed E-state index contributed by atoms with van der Waals surface area (Å²) >= 11 is 30.5. The molecule has 1 unspecified atom stereocenters. The number of hydrogen-bond donors (Lipinski definition) is 0. The molecule has 8 heteroatoms. The summed E-state index contributed by atoms with van der Waals surface area (Å²) in [5.74, 6) is -0.911. The Kier molecular flexibility index (Phi) is 20.3. The molecule has 0 aliphatic heterocycles. The molecule has 2 nitrogen and oxygen atoms in total. The third-order valence-corrected chi connectivity index (χ3v) is 7.72. The van der Waals surface area contributed by atoms with Gasteiger partial charge < -0.3 is 4.74 Å². The zero-order valence-corrected chi connectivity index (χ0v) is 22.8. The smallest absolute Gasteiger partial charge is 0.345 e. The van der Waals surface area contributed by atoms with E-state index in [0.717, 1.165) is 19.3 Å². The van der Waals surface area contributed by atoms with Crippen LogP contribution in [0.25, 0.3) is 0 Å². The van der Waals surface area contributed by atoms with Crippen LogP contribution in [0.5, 0.6) is 0 Å². The van der Waals surface area contributed by atoms with Crippen molar-refractivity contribution in [2.24, 2.45) is 0 Å². The van der Waals surface area contributed by atoms with Crippen LogP contribution in [0.4, 0.5) is 0 Å². The zero-order valence-electron chi connectivity index (χ0n) is 17.0. The Hall–Kier alpha value is 1.92. The average Bonchev–Trinajstić information content (AvgIpc) is 2.61. The van der Waals surface area contributed by atoms with Gasteiger partial charge in [-0.3, -0.25) is 0 Å². The van der Waals surface area contributed by atoms with Crippen molar-refractivity contribution < 1.29 is 9.53 Å². The predicted molar refractivity (Wildman–Crippen MR) is 122 cm³/mol. The summed E-state index contributed by atoms with van der Waals surface area (Å²) < 4.78 is 0.619. The standard InChI is InChI=1S/C19H33Cl5O2.Na/c1-3-4-5-6-7-8-9-10-11-12-13-14-15-16(20)18(21,22)19(23,24)17(25)26-2;/h16H,3-15H2,1-2H3;. The quantitative estimate of drug-likeness (QED) is 0.0948. The third kappa shape index (κ3) is 12.4. The van der Waals surface area contributed by atoms with Crippen molar-refractivity contribution in [1.29, 1.82) is 0 Å². The monoisotopic (exact) mass is 491 g/mol. The van der Waals surface area contributed by atoms with Crippen LogP contribution in [-0.2, 0) is 9.53 Å². The van der Waals surface area contributed by atoms with Crippen molar-refractivity contribution in [2.75, 3.05) is 7.11 Å². The molecule has 1 atom stereocenters. The van der Waals surface area contributed by atoms with Gasteiger partial charge in [0.2, 0.25) is 4.33 Å². The summed E-state index contributed by atoms with van der Waals surface area (Å²) in [4.78, 5) is 11.6. The van der Waals surface area contributed by atoms with Crippen LogP contribution >= 0.6 is 58.0 Å². The van der Waals surface area contributed by atoms with E-state index in [1.165, 1.54) is 64.9 Å². The SMILES string of the molecule is CCCCCCCCCCCCCCC(Cl)C(Cl)(Cl)C(Cl)(Cl)C(=O)OC.[Na]. The molecule has 0 aromatic carbocycles. The molecule has 0 N–H and O–H groups in total. The van der Waals surface area contributed by atoms with Crippen LogP contribution in [0.2, 0.25) is 0 Å². The number of methoxy groups -OCH3 is 1. The summed E-state index contributed by atoms with van der Waals surface area (Å²) in [6.07, 6.45) is 15.5. The van der Waals surface area contributed by atoms with E-state index in [4.69, 9.17) is 58.0 Å². The largest absolute Gasteiger partial charge is 0.467 e. The van der Waals surface area contributed by atoms with Gasteiger partial charge in [0, 0.05) is 29.6 Å². The molecular formula is C19H33Cl5NaO2. The Morgan fingerprint density at radius 2 is 1.19 bits per heavy atom. The first kappa shape index (κ1) is 31.1. The molecule has 0 saturated carbocycles. The van der Waals surface area contributed by atoms with Gasteiger partial charge in [-0.25, -0.2) is 4.79 Å². The summed E-state index contributed by atoms with van der Waals surface area (Å²) in [5.41, 5.74) is 0. The normalized spacial score (nSPS) is 13.1. The van der Waals surface area contributed by atoms with Gasteiger partial charge in [0.25, 0.3) is 0 Å². The maximum Gasteiger partial charge on any atom is 0.345 e. The van der Waals surface area contributed by atoms with Crippen molar-refractivity contribution in [3.05, 3.63) is 0 Å². The van der Waals surface area contributed by atoms with E-state index in [-0.39, 0.29) is 29.6 Å². The molecule has 0 rings (SSSR count). The minimum Gasteiger partial charge on any atom is -0.467 e. The van der Waals surface area contributed by atoms with Crippen LogP contribution in [-0.4, -0.2) is 56.7 Å². The molecule has 0 aromatic heterocycles. The Balaban J connectivity index is 0. The van der Waals surface area contributed by atoms with Crippen molar-refractivity contribution in [1.82, 2.24) is 0 Å². The number of alkyl halides is 5. The molecule has 0 fully saturated rings. The second kappa shape index (κ2) is 17.6. The minimum atomic E-state index is -2.10. The fourth-order valence-corrected chi connectivity index (χ4v) is 4.03. The Bertz CT molecular complexity index is 381. The Morgan fingerprint density at radius 1 is 0.815 bits per heavy atom. The maximum atomic E-state index is 11.6. The molecule has 0 aliphatic rings. The Labute approximate surface area is 213 Å². The van der Waals surface area contributed by atoms with E-state index in [0.29, 0.717) is 6.42 Å². The number of halogens is 5. The summed E-state index contributed by atoms with van der Waals surface area (Å²) in [7, 11) is 1.17. The Morgan fingerprint density at radius 3 is 1.56 bits per heavy atom. The van der Waals surface area contributed by atoms with E-state index >= 15 is 0 Å².